The van der Waals surface area contributed by atoms with Gasteiger partial charge in [-0.05, 0) is 32.6 Å². The first-order valence-corrected chi connectivity index (χ1v) is 6.88. The molecule has 3 nitrogen and oxygen atoms in total. The molecule has 0 bridgehead atoms. The van der Waals surface area contributed by atoms with Crippen molar-refractivity contribution in [3.63, 3.8) is 0 Å². The van der Waals surface area contributed by atoms with E-state index in [4.69, 9.17) is 0 Å². The van der Waals surface area contributed by atoms with Gasteiger partial charge >= 0.3 is 5.97 Å². The number of carboxylic acid groups (broad SMARTS) is 1. The van der Waals surface area contributed by atoms with Gasteiger partial charge < -0.3 is 10.2 Å². The lowest BCUT2D eigenvalue weighted by molar-refractivity contribution is -0.155. The molecule has 1 aliphatic carbocycles. The summed E-state index contributed by atoms with van der Waals surface area (Å²) in [5, 5.41) is 19.7. The fourth-order valence-electron chi connectivity index (χ4n) is 2.90. The van der Waals surface area contributed by atoms with Crippen LogP contribution in [-0.4, -0.2) is 21.8 Å². The first-order chi connectivity index (χ1) is 7.92. The lowest BCUT2D eigenvalue weighted by atomic mass is 9.69. The maximum absolute atomic E-state index is 11.6. The fourth-order valence-corrected chi connectivity index (χ4v) is 2.90. The van der Waals surface area contributed by atoms with E-state index < -0.39 is 17.0 Å². The number of rotatable bonds is 4. The van der Waals surface area contributed by atoms with Gasteiger partial charge in [0.15, 0.2) is 0 Å². The summed E-state index contributed by atoms with van der Waals surface area (Å²) >= 11 is 0. The Morgan fingerprint density at radius 2 is 1.65 bits per heavy atom. The number of aliphatic hydroxyl groups is 1. The summed E-state index contributed by atoms with van der Waals surface area (Å²) < 4.78 is 0. The van der Waals surface area contributed by atoms with E-state index in [0.717, 1.165) is 38.5 Å². The predicted molar refractivity (Wildman–Crippen MR) is 67.9 cm³/mol. The van der Waals surface area contributed by atoms with Crippen molar-refractivity contribution in [2.24, 2.45) is 5.41 Å². The molecular weight excluding hydrogens is 216 g/mol. The predicted octanol–water partition coefficient (Wildman–Crippen LogP) is 3.35. The highest BCUT2D eigenvalue weighted by atomic mass is 16.4. The van der Waals surface area contributed by atoms with Gasteiger partial charge in [0.1, 0.15) is 0 Å². The van der Waals surface area contributed by atoms with Crippen LogP contribution in [0.4, 0.5) is 0 Å². The molecule has 0 aromatic heterocycles. The molecule has 1 unspecified atom stereocenters. The summed E-state index contributed by atoms with van der Waals surface area (Å²) in [5.41, 5.74) is -1.54. The third-order valence-corrected chi connectivity index (χ3v) is 4.25. The molecule has 1 atom stereocenters. The van der Waals surface area contributed by atoms with E-state index in [0.29, 0.717) is 12.8 Å². The highest BCUT2D eigenvalue weighted by Gasteiger charge is 2.42. The average Bonchev–Trinajstić information content (AvgIpc) is 2.22. The minimum atomic E-state index is -0.850. The van der Waals surface area contributed by atoms with Crippen LogP contribution in [-0.2, 0) is 4.79 Å². The van der Waals surface area contributed by atoms with Crippen LogP contribution in [0.5, 0.6) is 0 Å². The van der Waals surface area contributed by atoms with Gasteiger partial charge in [0, 0.05) is 0 Å². The van der Waals surface area contributed by atoms with Crippen LogP contribution in [0.15, 0.2) is 0 Å². The highest BCUT2D eigenvalue weighted by Crippen LogP contribution is 2.41. The zero-order valence-electron chi connectivity index (χ0n) is 11.2. The fraction of sp³-hybridized carbons (Fsp3) is 0.929. The second kappa shape index (κ2) is 5.85. The Balaban J connectivity index is 2.82. The zero-order valence-corrected chi connectivity index (χ0v) is 11.2. The Kier molecular flexibility index (Phi) is 4.99. The van der Waals surface area contributed by atoms with E-state index in [9.17, 15) is 15.0 Å². The molecule has 2 N–H and O–H groups in total. The van der Waals surface area contributed by atoms with Crippen LogP contribution < -0.4 is 0 Å². The normalized spacial score (nSPS) is 24.4. The molecular formula is C14H26O3. The van der Waals surface area contributed by atoms with Gasteiger partial charge in [-0.2, -0.15) is 0 Å². The highest BCUT2D eigenvalue weighted by molar-refractivity contribution is 5.74. The third-order valence-electron chi connectivity index (χ3n) is 4.25. The van der Waals surface area contributed by atoms with Crippen LogP contribution in [0.25, 0.3) is 0 Å². The van der Waals surface area contributed by atoms with Crippen LogP contribution in [0.3, 0.4) is 0 Å². The number of hydrogen-bond acceptors (Lipinski definition) is 2. The SMILES string of the molecule is CCC(C)(O)CC1(C(=O)O)CCCCCCC1. The van der Waals surface area contributed by atoms with Gasteiger partial charge in [0.2, 0.25) is 0 Å². The lowest BCUT2D eigenvalue weighted by Crippen LogP contribution is -2.40. The van der Waals surface area contributed by atoms with E-state index in [2.05, 4.69) is 0 Å². The minimum Gasteiger partial charge on any atom is -0.481 e. The van der Waals surface area contributed by atoms with Crippen molar-refractivity contribution >= 4 is 5.97 Å². The van der Waals surface area contributed by atoms with Crippen molar-refractivity contribution in [2.75, 3.05) is 0 Å². The molecule has 0 saturated heterocycles. The Labute approximate surface area is 104 Å². The van der Waals surface area contributed by atoms with Crippen molar-refractivity contribution in [3.8, 4) is 0 Å². The smallest absolute Gasteiger partial charge is 0.309 e. The molecule has 1 rings (SSSR count). The van der Waals surface area contributed by atoms with Gasteiger partial charge in [0.25, 0.3) is 0 Å². The molecule has 1 aliphatic rings. The van der Waals surface area contributed by atoms with Crippen LogP contribution in [0.2, 0.25) is 0 Å². The molecule has 0 aromatic rings. The van der Waals surface area contributed by atoms with Gasteiger partial charge in [0.05, 0.1) is 11.0 Å². The molecule has 0 aliphatic heterocycles. The van der Waals surface area contributed by atoms with E-state index in [1.54, 1.807) is 6.92 Å². The summed E-state index contributed by atoms with van der Waals surface area (Å²) in [7, 11) is 0. The summed E-state index contributed by atoms with van der Waals surface area (Å²) in [6.07, 6.45) is 7.88. The van der Waals surface area contributed by atoms with Crippen molar-refractivity contribution in [3.05, 3.63) is 0 Å². The summed E-state index contributed by atoms with van der Waals surface area (Å²) in [4.78, 5) is 11.6. The molecule has 1 fully saturated rings. The molecule has 100 valence electrons. The van der Waals surface area contributed by atoms with E-state index in [1.165, 1.54) is 6.42 Å². The van der Waals surface area contributed by atoms with Gasteiger partial charge in [-0.3, -0.25) is 4.79 Å². The summed E-state index contributed by atoms with van der Waals surface area (Å²) in [6.45, 7) is 3.68. The van der Waals surface area contributed by atoms with Gasteiger partial charge in [-0.25, -0.2) is 0 Å². The van der Waals surface area contributed by atoms with E-state index in [1.807, 2.05) is 6.92 Å². The maximum Gasteiger partial charge on any atom is 0.309 e. The molecule has 3 heteroatoms. The first kappa shape index (κ1) is 14.5. The Morgan fingerprint density at radius 1 is 1.18 bits per heavy atom. The standard InChI is InChI=1S/C14H26O3/c1-3-13(2,17)11-14(12(15)16)9-7-5-4-6-8-10-14/h17H,3-11H2,1-2H3,(H,15,16). The van der Waals surface area contributed by atoms with Gasteiger partial charge in [-0.1, -0.05) is 39.0 Å². The van der Waals surface area contributed by atoms with Crippen LogP contribution >= 0.6 is 0 Å². The topological polar surface area (TPSA) is 57.5 Å². The number of aliphatic carboxylic acids is 1. The second-order valence-electron chi connectivity index (χ2n) is 5.88. The van der Waals surface area contributed by atoms with Crippen molar-refractivity contribution in [1.82, 2.24) is 0 Å². The molecule has 0 heterocycles. The molecule has 17 heavy (non-hydrogen) atoms. The Bertz CT molecular complexity index is 250. The summed E-state index contributed by atoms with van der Waals surface area (Å²) in [5.74, 6) is -0.715. The van der Waals surface area contributed by atoms with E-state index >= 15 is 0 Å². The van der Waals surface area contributed by atoms with Crippen molar-refractivity contribution in [1.29, 1.82) is 0 Å². The monoisotopic (exact) mass is 242 g/mol. The number of carbonyl (C=O) groups is 1. The molecule has 0 spiro atoms. The molecule has 0 amide bonds. The van der Waals surface area contributed by atoms with E-state index in [-0.39, 0.29) is 0 Å². The first-order valence-electron chi connectivity index (χ1n) is 6.88. The quantitative estimate of drug-likeness (QED) is 0.794. The largest absolute Gasteiger partial charge is 0.481 e. The van der Waals surface area contributed by atoms with Crippen molar-refractivity contribution in [2.45, 2.75) is 77.2 Å². The zero-order chi connectivity index (χ0) is 12.9. The summed E-state index contributed by atoms with van der Waals surface area (Å²) in [6, 6.07) is 0. The van der Waals surface area contributed by atoms with Crippen molar-refractivity contribution < 1.29 is 15.0 Å². The van der Waals surface area contributed by atoms with Crippen LogP contribution in [0, 0.1) is 5.41 Å². The van der Waals surface area contributed by atoms with Crippen LogP contribution in [0.1, 0.15) is 71.6 Å². The Morgan fingerprint density at radius 3 is 2.06 bits per heavy atom. The number of hydrogen-bond donors (Lipinski definition) is 2. The maximum atomic E-state index is 11.6. The number of carboxylic acids is 1. The molecule has 0 radical (unpaired) electrons. The van der Waals surface area contributed by atoms with Gasteiger partial charge in [-0.15, -0.1) is 0 Å². The molecule has 0 aromatic carbocycles. The molecule has 1 saturated carbocycles. The Hall–Kier alpha value is -0.570. The second-order valence-corrected chi connectivity index (χ2v) is 5.88. The third kappa shape index (κ3) is 3.98. The minimum absolute atomic E-state index is 0.395. The lowest BCUT2D eigenvalue weighted by Gasteiger charge is -2.37. The average molecular weight is 242 g/mol.